The normalized spacial score (nSPS) is 23.0. The minimum atomic E-state index is -0.623. The topological polar surface area (TPSA) is 112 Å². The van der Waals surface area contributed by atoms with Gasteiger partial charge in [0.1, 0.15) is 23.7 Å². The quantitative estimate of drug-likeness (QED) is 0.467. The van der Waals surface area contributed by atoms with Crippen molar-refractivity contribution >= 4 is 40.3 Å². The molecule has 5 heterocycles. The van der Waals surface area contributed by atoms with Gasteiger partial charge in [-0.3, -0.25) is 34.3 Å². The van der Waals surface area contributed by atoms with Crippen LogP contribution in [0.15, 0.2) is 48.5 Å². The van der Waals surface area contributed by atoms with Gasteiger partial charge in [-0.05, 0) is 72.9 Å². The van der Waals surface area contributed by atoms with Gasteiger partial charge in [-0.1, -0.05) is 6.07 Å². The van der Waals surface area contributed by atoms with Gasteiger partial charge in [-0.25, -0.2) is 4.98 Å². The fourth-order valence-corrected chi connectivity index (χ4v) is 6.42. The molecule has 0 spiro atoms. The summed E-state index contributed by atoms with van der Waals surface area (Å²) in [6.45, 7) is 3.59. The average molecular weight is 554 g/mol. The van der Waals surface area contributed by atoms with Crippen LogP contribution in [0.4, 0.5) is 5.82 Å². The Morgan fingerprint density at radius 3 is 2.68 bits per heavy atom. The molecule has 0 bridgehead atoms. The Labute approximate surface area is 237 Å². The summed E-state index contributed by atoms with van der Waals surface area (Å²) in [4.78, 5) is 59.3. The number of aromatic nitrogens is 1. The Morgan fingerprint density at radius 2 is 1.85 bits per heavy atom. The van der Waals surface area contributed by atoms with Crippen LogP contribution in [0, 0.1) is 0 Å². The highest BCUT2D eigenvalue weighted by atomic mass is 16.5. The van der Waals surface area contributed by atoms with Crippen molar-refractivity contribution in [3.8, 4) is 5.75 Å². The first kappa shape index (κ1) is 25.6. The van der Waals surface area contributed by atoms with Gasteiger partial charge >= 0.3 is 0 Å². The summed E-state index contributed by atoms with van der Waals surface area (Å²) < 4.78 is 6.32. The molecule has 7 rings (SSSR count). The molecule has 1 aromatic heterocycles. The van der Waals surface area contributed by atoms with Crippen LogP contribution in [0.5, 0.6) is 5.75 Å². The molecule has 41 heavy (non-hydrogen) atoms. The highest BCUT2D eigenvalue weighted by Crippen LogP contribution is 2.31. The van der Waals surface area contributed by atoms with Crippen molar-refractivity contribution in [3.63, 3.8) is 0 Å². The molecule has 4 aliphatic rings. The second-order valence-electron chi connectivity index (χ2n) is 11.3. The van der Waals surface area contributed by atoms with Crippen molar-refractivity contribution in [1.82, 2.24) is 20.1 Å². The van der Waals surface area contributed by atoms with Crippen LogP contribution in [-0.4, -0.2) is 70.2 Å². The molecule has 3 fully saturated rings. The minimum Gasteiger partial charge on any atom is -0.489 e. The van der Waals surface area contributed by atoms with Gasteiger partial charge in [0.25, 0.3) is 5.91 Å². The lowest BCUT2D eigenvalue weighted by Gasteiger charge is -2.29. The molecule has 4 amide bonds. The predicted molar refractivity (Wildman–Crippen MR) is 150 cm³/mol. The monoisotopic (exact) mass is 553 g/mol. The van der Waals surface area contributed by atoms with Gasteiger partial charge in [0.05, 0.1) is 5.52 Å². The highest BCUT2D eigenvalue weighted by molar-refractivity contribution is 6.05. The van der Waals surface area contributed by atoms with E-state index in [9.17, 15) is 19.2 Å². The third-order valence-electron chi connectivity index (χ3n) is 8.52. The number of hydrogen-bond acceptors (Lipinski definition) is 7. The van der Waals surface area contributed by atoms with Gasteiger partial charge in [0.2, 0.25) is 17.7 Å². The van der Waals surface area contributed by atoms with Gasteiger partial charge in [0, 0.05) is 56.5 Å². The fourth-order valence-electron chi connectivity index (χ4n) is 6.42. The van der Waals surface area contributed by atoms with Crippen molar-refractivity contribution < 1.29 is 23.9 Å². The lowest BCUT2D eigenvalue weighted by atomic mass is 10.0. The standard InChI is InChI=1S/C31H31N5O5/c37-28-10-8-26(30(39)33-28)36-17-21-15-22(5-6-24(21)31(36)40)41-23-11-13-34(18-23)16-19-3-7-25-20(14-19)4-9-27(32-25)35-12-1-2-29(35)38/h3-7,9,14-15,23,26H,1-2,8,10-13,16-18H2,(H,33,37,39)/t23-,26-/m0/s1. The van der Waals surface area contributed by atoms with Crippen LogP contribution in [0.2, 0.25) is 0 Å². The number of imide groups is 1. The summed E-state index contributed by atoms with van der Waals surface area (Å²) >= 11 is 0. The summed E-state index contributed by atoms with van der Waals surface area (Å²) in [5, 5.41) is 3.40. The zero-order valence-electron chi connectivity index (χ0n) is 22.7. The molecular formula is C31H31N5O5. The Morgan fingerprint density at radius 1 is 0.951 bits per heavy atom. The molecular weight excluding hydrogens is 522 g/mol. The SMILES string of the molecule is O=C1CC[C@H](N2Cc3cc(O[C@H]4CCN(Cc5ccc6nc(N7CCCC7=O)ccc6c5)C4)ccc3C2=O)C(=O)N1. The number of ether oxygens (including phenoxy) is 1. The number of nitrogens with zero attached hydrogens (tertiary/aromatic N) is 4. The Hall–Kier alpha value is -4.31. The molecule has 10 heteroatoms. The first-order valence-corrected chi connectivity index (χ1v) is 14.3. The molecule has 4 aliphatic heterocycles. The lowest BCUT2D eigenvalue weighted by Crippen LogP contribution is -2.52. The smallest absolute Gasteiger partial charge is 0.255 e. The maximum Gasteiger partial charge on any atom is 0.255 e. The zero-order valence-corrected chi connectivity index (χ0v) is 22.7. The second kappa shape index (κ2) is 10.3. The van der Waals surface area contributed by atoms with Crippen molar-refractivity contribution in [1.29, 1.82) is 0 Å². The van der Waals surface area contributed by atoms with E-state index in [1.807, 2.05) is 30.3 Å². The zero-order chi connectivity index (χ0) is 28.1. The van der Waals surface area contributed by atoms with Crippen LogP contribution in [-0.2, 0) is 27.5 Å². The number of piperidine rings is 1. The number of amides is 4. The summed E-state index contributed by atoms with van der Waals surface area (Å²) in [6, 6.07) is 15.2. The number of hydrogen-bond donors (Lipinski definition) is 1. The lowest BCUT2D eigenvalue weighted by molar-refractivity contribution is -0.137. The van der Waals surface area contributed by atoms with E-state index in [1.165, 1.54) is 5.56 Å². The number of carbonyl (C=O) groups excluding carboxylic acids is 4. The Balaban J connectivity index is 0.967. The third-order valence-corrected chi connectivity index (χ3v) is 8.52. The van der Waals surface area contributed by atoms with Crippen molar-refractivity contribution in [2.45, 2.75) is 57.3 Å². The van der Waals surface area contributed by atoms with Crippen LogP contribution in [0.3, 0.4) is 0 Å². The number of likely N-dealkylation sites (tertiary alicyclic amines) is 1. The molecule has 2 aromatic carbocycles. The molecule has 210 valence electrons. The van der Waals surface area contributed by atoms with Gasteiger partial charge in [0.15, 0.2) is 0 Å². The Bertz CT molecular complexity index is 1590. The van der Waals surface area contributed by atoms with Gasteiger partial charge in [-0.2, -0.15) is 0 Å². The maximum absolute atomic E-state index is 13.0. The molecule has 0 unspecified atom stereocenters. The van der Waals surface area contributed by atoms with Crippen LogP contribution < -0.4 is 15.0 Å². The maximum atomic E-state index is 13.0. The first-order chi connectivity index (χ1) is 19.9. The number of fused-ring (bicyclic) bond motifs is 2. The number of carbonyl (C=O) groups is 4. The highest BCUT2D eigenvalue weighted by Gasteiger charge is 2.39. The van der Waals surface area contributed by atoms with Crippen LogP contribution in [0.1, 0.15) is 53.6 Å². The van der Waals surface area contributed by atoms with E-state index in [0.29, 0.717) is 24.9 Å². The van der Waals surface area contributed by atoms with E-state index in [1.54, 1.807) is 15.9 Å². The molecule has 0 saturated carbocycles. The molecule has 3 aromatic rings. The van der Waals surface area contributed by atoms with E-state index >= 15 is 0 Å². The largest absolute Gasteiger partial charge is 0.489 e. The fraction of sp³-hybridized carbons (Fsp3) is 0.387. The van der Waals surface area contributed by atoms with E-state index in [-0.39, 0.29) is 30.2 Å². The Kier molecular flexibility index (Phi) is 6.42. The van der Waals surface area contributed by atoms with E-state index < -0.39 is 11.9 Å². The molecule has 0 radical (unpaired) electrons. The van der Waals surface area contributed by atoms with Gasteiger partial charge in [-0.15, -0.1) is 0 Å². The number of anilines is 1. The van der Waals surface area contributed by atoms with Crippen LogP contribution >= 0.6 is 0 Å². The summed E-state index contributed by atoms with van der Waals surface area (Å²) in [6.07, 6.45) is 3.00. The summed E-state index contributed by atoms with van der Waals surface area (Å²) in [5.41, 5.74) is 3.52. The molecule has 3 saturated heterocycles. The van der Waals surface area contributed by atoms with E-state index in [2.05, 4.69) is 22.3 Å². The molecule has 2 atom stereocenters. The number of pyridine rings is 1. The number of rotatable bonds is 6. The van der Waals surface area contributed by atoms with E-state index in [4.69, 9.17) is 9.72 Å². The number of nitrogens with one attached hydrogen (secondary N) is 1. The summed E-state index contributed by atoms with van der Waals surface area (Å²) in [5.74, 6) is 0.709. The first-order valence-electron chi connectivity index (χ1n) is 14.3. The van der Waals surface area contributed by atoms with Crippen molar-refractivity contribution in [3.05, 3.63) is 65.2 Å². The number of benzene rings is 2. The van der Waals surface area contributed by atoms with Crippen LogP contribution in [0.25, 0.3) is 10.9 Å². The summed E-state index contributed by atoms with van der Waals surface area (Å²) in [7, 11) is 0. The van der Waals surface area contributed by atoms with E-state index in [0.717, 1.165) is 67.1 Å². The predicted octanol–water partition coefficient (Wildman–Crippen LogP) is 2.78. The third kappa shape index (κ3) is 4.93. The minimum absolute atomic E-state index is 0.0408. The molecule has 1 N–H and O–H groups in total. The van der Waals surface area contributed by atoms with Crippen molar-refractivity contribution in [2.75, 3.05) is 24.5 Å². The molecule has 0 aliphatic carbocycles. The average Bonchev–Trinajstić information content (AvgIpc) is 3.67. The van der Waals surface area contributed by atoms with Crippen molar-refractivity contribution in [2.24, 2.45) is 0 Å². The van der Waals surface area contributed by atoms with Gasteiger partial charge < -0.3 is 9.64 Å². The molecule has 10 nitrogen and oxygen atoms in total. The second-order valence-corrected chi connectivity index (χ2v) is 11.3.